The summed E-state index contributed by atoms with van der Waals surface area (Å²) in [6, 6.07) is -8.12. The van der Waals surface area contributed by atoms with E-state index < -0.39 is 138 Å². The highest BCUT2D eigenvalue weighted by atomic mass is 16.5. The lowest BCUT2D eigenvalue weighted by Gasteiger charge is -2.40. The second-order valence-corrected chi connectivity index (χ2v) is 27.4. The van der Waals surface area contributed by atoms with Gasteiger partial charge in [0.2, 0.25) is 59.1 Å². The van der Waals surface area contributed by atoms with Crippen LogP contribution in [0.1, 0.15) is 147 Å². The van der Waals surface area contributed by atoms with Gasteiger partial charge in [-0.2, -0.15) is 0 Å². The highest BCUT2D eigenvalue weighted by Crippen LogP contribution is 2.37. The molecule has 0 bridgehead atoms. The molecule has 4 rings (SSSR count). The Morgan fingerprint density at radius 2 is 1.28 bits per heavy atom. The molecule has 1 aromatic heterocycles. The molecule has 2 fully saturated rings. The summed E-state index contributed by atoms with van der Waals surface area (Å²) in [5.41, 5.74) is 1.02. The number of amides is 12. The minimum absolute atomic E-state index is 0.0148. The number of likely N-dealkylation sites (tertiary alicyclic amines) is 1. The normalized spacial score (nSPS) is 20.6. The molecule has 0 saturated carbocycles. The van der Waals surface area contributed by atoms with E-state index in [4.69, 9.17) is 9.73 Å². The Morgan fingerprint density at radius 3 is 1.82 bits per heavy atom. The van der Waals surface area contributed by atoms with E-state index in [2.05, 4.69) is 31.2 Å². The molecule has 3 aliphatic heterocycles. The lowest BCUT2D eigenvalue weighted by Crippen LogP contribution is -2.61. The maximum absolute atomic E-state index is 15.6. The van der Waals surface area contributed by atoms with Crippen LogP contribution >= 0.6 is 0 Å². The molecule has 0 radical (unpaired) electrons. The molecule has 1 unspecified atom stereocenters. The van der Waals surface area contributed by atoms with Crippen LogP contribution in [0, 0.1) is 29.6 Å². The third-order valence-electron chi connectivity index (χ3n) is 18.1. The Bertz CT molecular complexity index is 2780. The first-order valence-corrected chi connectivity index (χ1v) is 32.9. The van der Waals surface area contributed by atoms with E-state index in [9.17, 15) is 38.4 Å². The van der Waals surface area contributed by atoms with E-state index in [1.165, 1.54) is 90.4 Å². The first-order valence-electron chi connectivity index (χ1n) is 32.9. The van der Waals surface area contributed by atoms with Crippen molar-refractivity contribution < 1.29 is 57.5 Å². The van der Waals surface area contributed by atoms with Crippen LogP contribution in [0.5, 0.6) is 0 Å². The Balaban J connectivity index is 1.69. The number of urea groups is 1. The minimum atomic E-state index is -1.26. The zero-order valence-corrected chi connectivity index (χ0v) is 58.8. The van der Waals surface area contributed by atoms with Crippen molar-refractivity contribution in [2.75, 3.05) is 69.0 Å². The van der Waals surface area contributed by atoms with Crippen molar-refractivity contribution >= 4 is 70.9 Å². The molecule has 26 nitrogen and oxygen atoms in total. The van der Waals surface area contributed by atoms with Crippen molar-refractivity contribution in [1.29, 1.82) is 0 Å². The van der Waals surface area contributed by atoms with Gasteiger partial charge in [0.15, 0.2) is 0 Å². The number of nitrogens with one attached hydrogen (secondary N) is 4. The van der Waals surface area contributed by atoms with Crippen LogP contribution < -0.4 is 21.3 Å². The van der Waals surface area contributed by atoms with Crippen LogP contribution in [-0.4, -0.2) is 257 Å². The van der Waals surface area contributed by atoms with Crippen molar-refractivity contribution in [1.82, 2.24) is 65.5 Å². The number of ether oxygens (including phenoxy) is 1. The lowest BCUT2D eigenvalue weighted by molar-refractivity contribution is -0.156. The Kier molecular flexibility index (Phi) is 29.0. The lowest BCUT2D eigenvalue weighted by atomic mass is 9.96. The van der Waals surface area contributed by atoms with E-state index in [0.717, 1.165) is 5.56 Å². The number of carbonyl (C=O) groups excluding carboxylic acids is 11. The van der Waals surface area contributed by atoms with Gasteiger partial charge in [0, 0.05) is 87.7 Å². The van der Waals surface area contributed by atoms with Crippen LogP contribution in [0.3, 0.4) is 0 Å². The van der Waals surface area contributed by atoms with Gasteiger partial charge in [-0.1, -0.05) is 82.2 Å². The molecule has 0 aliphatic carbocycles. The number of aliphatic imine (C=N–C) groups is 1. The number of rotatable bonds is 31. The maximum Gasteiger partial charge on any atom is 0.321 e. The van der Waals surface area contributed by atoms with Gasteiger partial charge >= 0.3 is 6.03 Å². The summed E-state index contributed by atoms with van der Waals surface area (Å²) in [5.74, 6) is -5.42. The van der Waals surface area contributed by atoms with Crippen molar-refractivity contribution in [2.45, 2.75) is 221 Å². The quantitative estimate of drug-likeness (QED) is 0.0831. The molecular weight excluding hydrogens is 1180 g/mol. The number of nitrogens with zero attached hydrogens (tertiary/aromatic N) is 10. The number of pyridine rings is 1. The maximum atomic E-state index is 15.6. The van der Waals surface area contributed by atoms with Crippen LogP contribution in [-0.2, 0) is 59.1 Å². The summed E-state index contributed by atoms with van der Waals surface area (Å²) in [7, 11) is 10.4. The second kappa shape index (κ2) is 34.6. The summed E-state index contributed by atoms with van der Waals surface area (Å²) >= 11 is 0. The SMILES string of the molecule is CC[C@@H](C(=O)N(C)[C@H](C)C(=O)N(C)[C@@H](CC(C)C)C(=O)N[C@H](C(=O)N(C)[C@@H](CC(C)C)C(=O)N[C@H](C)C(=O)NC(=O)NC)C(C)C)N1C(=O)[C@@H]2[C@H](OC(C)[C@H](N(C)C(=O)[C@H](CC(C)C)N(C)C(=O)CCC(C)C)C(=O)N2C)[C@H]1CC1=NCCN1CCc1cccnc1. The first-order chi connectivity index (χ1) is 43.0. The highest BCUT2D eigenvalue weighted by molar-refractivity contribution is 6.01. The van der Waals surface area contributed by atoms with E-state index >= 15 is 14.4 Å². The van der Waals surface area contributed by atoms with Crippen LogP contribution in [0.25, 0.3) is 0 Å². The first kappa shape index (κ1) is 77.2. The summed E-state index contributed by atoms with van der Waals surface area (Å²) in [6.45, 7) is 27.0. The fourth-order valence-electron chi connectivity index (χ4n) is 12.4. The van der Waals surface area contributed by atoms with Gasteiger partial charge in [-0.15, -0.1) is 0 Å². The van der Waals surface area contributed by atoms with Gasteiger partial charge in [-0.3, -0.25) is 63.2 Å². The molecule has 12 amide bonds. The zero-order valence-electron chi connectivity index (χ0n) is 58.8. The third kappa shape index (κ3) is 19.4. The number of hydrogen-bond acceptors (Lipinski definition) is 15. The summed E-state index contributed by atoms with van der Waals surface area (Å²) < 4.78 is 6.99. The Morgan fingerprint density at radius 1 is 0.707 bits per heavy atom. The van der Waals surface area contributed by atoms with E-state index in [-0.39, 0.29) is 61.7 Å². The van der Waals surface area contributed by atoms with Gasteiger partial charge < -0.3 is 59.9 Å². The molecule has 26 heteroatoms. The Labute approximate surface area is 546 Å². The number of fused-ring (bicyclic) bond motifs is 1. The third-order valence-corrected chi connectivity index (χ3v) is 18.1. The van der Waals surface area contributed by atoms with Crippen LogP contribution in [0.15, 0.2) is 29.5 Å². The summed E-state index contributed by atoms with van der Waals surface area (Å²) in [5, 5.41) is 9.90. The average molecular weight is 1290 g/mol. The van der Waals surface area contributed by atoms with Crippen molar-refractivity contribution in [3.8, 4) is 0 Å². The molecule has 12 atom stereocenters. The van der Waals surface area contributed by atoms with E-state index in [1.807, 2.05) is 67.5 Å². The van der Waals surface area contributed by atoms with Crippen LogP contribution in [0.2, 0.25) is 0 Å². The monoisotopic (exact) mass is 1290 g/mol. The average Bonchev–Trinajstić information content (AvgIpc) is 1.58. The number of likely N-dealkylation sites (N-methyl/N-ethyl adjacent to an activating group) is 6. The highest BCUT2D eigenvalue weighted by Gasteiger charge is 2.59. The predicted octanol–water partition coefficient (Wildman–Crippen LogP) is 3.16. The molecule has 4 heterocycles. The van der Waals surface area contributed by atoms with Gasteiger partial charge in [0.25, 0.3) is 0 Å². The largest absolute Gasteiger partial charge is 0.368 e. The smallest absolute Gasteiger partial charge is 0.321 e. The standard InChI is InChI=1S/C66H110N14O12/c1-22-46(61(86)73(16)43(13)60(85)75(18)49(33-39(6)7)59(84)71-53(41(10)11)63(88)76(19)48(32-38(4)5)58(83)70-42(12)57(82)72-66(91)67-15)80-47(35-51-69-29-31-79(51)30-27-45-24-23-28-68-36-45)56-55(65(80)90)78(21)64(89)54(44(14)92-56)77(20)62(87)50(34-40(8)9)74(17)52(81)26-25-37(2)3/h23-24,28,36-44,46-50,53-56H,22,25-27,29-35H2,1-21H3,(H,70,83)(H,71,84)(H2,67,72,82,91)/t42-,43-,44?,46+,47-,48+,49+,50+,53+,54+,55+,56-/m1/s1. The van der Waals surface area contributed by atoms with Crippen LogP contribution in [0.4, 0.5) is 4.79 Å². The topological polar surface area (TPSA) is 296 Å². The number of aromatic nitrogens is 1. The fourth-order valence-corrected chi connectivity index (χ4v) is 12.4. The van der Waals surface area contributed by atoms with Crippen molar-refractivity contribution in [3.63, 3.8) is 0 Å². The summed E-state index contributed by atoms with van der Waals surface area (Å²) in [4.78, 5) is 178. The van der Waals surface area contributed by atoms with Crippen molar-refractivity contribution in [3.05, 3.63) is 30.1 Å². The van der Waals surface area contributed by atoms with Crippen molar-refractivity contribution in [2.24, 2.45) is 34.6 Å². The molecule has 0 aromatic carbocycles. The molecule has 4 N–H and O–H groups in total. The molecule has 92 heavy (non-hydrogen) atoms. The molecule has 0 spiro atoms. The molecular formula is C66H110N14O12. The number of imide groups is 1. The number of amidine groups is 1. The second-order valence-electron chi connectivity index (χ2n) is 27.4. The zero-order chi connectivity index (χ0) is 69.5. The van der Waals surface area contributed by atoms with Gasteiger partial charge in [-0.05, 0) is 101 Å². The predicted molar refractivity (Wildman–Crippen MR) is 350 cm³/mol. The number of hydrogen-bond donors (Lipinski definition) is 4. The van der Waals surface area contributed by atoms with Gasteiger partial charge in [0.05, 0.1) is 18.7 Å². The van der Waals surface area contributed by atoms with Gasteiger partial charge in [-0.25, -0.2) is 4.79 Å². The van der Waals surface area contributed by atoms with Gasteiger partial charge in [0.1, 0.15) is 66.3 Å². The molecule has 516 valence electrons. The summed E-state index contributed by atoms with van der Waals surface area (Å²) in [6.07, 6.45) is 3.92. The van der Waals surface area contributed by atoms with E-state index in [1.54, 1.807) is 47.1 Å². The Hall–Kier alpha value is -7.25. The molecule has 1 aromatic rings. The number of carbonyl (C=O) groups is 11. The molecule has 2 saturated heterocycles. The van der Waals surface area contributed by atoms with E-state index in [0.29, 0.717) is 44.7 Å². The fraction of sp³-hybridized carbons (Fsp3) is 0.742. The minimum Gasteiger partial charge on any atom is -0.368 e. The molecule has 3 aliphatic rings.